The van der Waals surface area contributed by atoms with Crippen molar-refractivity contribution in [3.8, 4) is 0 Å². The first-order valence-electron chi connectivity index (χ1n) is 11.4. The highest BCUT2D eigenvalue weighted by molar-refractivity contribution is 5.78. The minimum atomic E-state index is 0.135. The number of benzene rings is 2. The standard InChI is InChI=1S/C26H34N2O/c29-26(28-18-14-22(15-19-28)21-27-16-8-3-9-17-27)20-25(23-10-4-1-5-11-23)24-12-6-2-7-13-24/h1-2,4-7,10-13,22,25H,3,8-9,14-21H2. The minimum Gasteiger partial charge on any atom is -0.343 e. The van der Waals surface area contributed by atoms with E-state index >= 15 is 0 Å². The molecule has 2 saturated heterocycles. The fourth-order valence-electron chi connectivity index (χ4n) is 4.97. The second-order valence-electron chi connectivity index (χ2n) is 8.76. The molecular formula is C26H34N2O. The maximum absolute atomic E-state index is 13.2. The molecule has 4 rings (SSSR count). The fourth-order valence-corrected chi connectivity index (χ4v) is 4.97. The molecule has 2 aromatic carbocycles. The molecule has 0 bridgehead atoms. The van der Waals surface area contributed by atoms with Gasteiger partial charge in [-0.1, -0.05) is 67.1 Å². The Morgan fingerprint density at radius 3 is 1.90 bits per heavy atom. The van der Waals surface area contributed by atoms with E-state index in [0.717, 1.165) is 31.8 Å². The van der Waals surface area contributed by atoms with Gasteiger partial charge in [0, 0.05) is 32.0 Å². The summed E-state index contributed by atoms with van der Waals surface area (Å²) in [6, 6.07) is 21.0. The van der Waals surface area contributed by atoms with E-state index in [1.165, 1.54) is 50.0 Å². The van der Waals surface area contributed by atoms with Gasteiger partial charge in [0.15, 0.2) is 0 Å². The topological polar surface area (TPSA) is 23.6 Å². The molecule has 2 aliphatic heterocycles. The number of hydrogen-bond acceptors (Lipinski definition) is 2. The van der Waals surface area contributed by atoms with E-state index in [4.69, 9.17) is 0 Å². The molecule has 0 atom stereocenters. The van der Waals surface area contributed by atoms with E-state index in [1.54, 1.807) is 0 Å². The van der Waals surface area contributed by atoms with Crippen LogP contribution in [-0.2, 0) is 4.79 Å². The Hall–Kier alpha value is -2.13. The SMILES string of the molecule is O=C(CC(c1ccccc1)c1ccccc1)N1CCC(CN2CCCCC2)CC1. The molecule has 0 unspecified atom stereocenters. The normalized spacial score (nSPS) is 18.9. The molecule has 0 spiro atoms. The number of carbonyl (C=O) groups excluding carboxylic acids is 1. The monoisotopic (exact) mass is 390 g/mol. The highest BCUT2D eigenvalue weighted by atomic mass is 16.2. The first-order valence-corrected chi connectivity index (χ1v) is 11.4. The van der Waals surface area contributed by atoms with E-state index in [-0.39, 0.29) is 5.92 Å². The summed E-state index contributed by atoms with van der Waals surface area (Å²) in [5.74, 6) is 1.20. The highest BCUT2D eigenvalue weighted by Gasteiger charge is 2.27. The molecule has 0 saturated carbocycles. The zero-order valence-corrected chi connectivity index (χ0v) is 17.5. The van der Waals surface area contributed by atoms with Crippen LogP contribution in [0, 0.1) is 5.92 Å². The van der Waals surface area contributed by atoms with Crippen LogP contribution in [-0.4, -0.2) is 48.4 Å². The summed E-state index contributed by atoms with van der Waals surface area (Å²) in [5.41, 5.74) is 2.46. The van der Waals surface area contributed by atoms with Gasteiger partial charge in [0.1, 0.15) is 0 Å². The lowest BCUT2D eigenvalue weighted by Gasteiger charge is -2.36. The van der Waals surface area contributed by atoms with Crippen molar-refractivity contribution in [1.82, 2.24) is 9.80 Å². The van der Waals surface area contributed by atoms with Crippen LogP contribution >= 0.6 is 0 Å². The molecule has 0 radical (unpaired) electrons. The van der Waals surface area contributed by atoms with Crippen molar-refractivity contribution in [2.75, 3.05) is 32.7 Å². The summed E-state index contributed by atoms with van der Waals surface area (Å²) in [6.45, 7) is 5.63. The van der Waals surface area contributed by atoms with Gasteiger partial charge >= 0.3 is 0 Å². The fraction of sp³-hybridized carbons (Fsp3) is 0.500. The third kappa shape index (κ3) is 5.48. The number of rotatable bonds is 6. The number of hydrogen-bond donors (Lipinski definition) is 0. The Bertz CT molecular complexity index is 707. The van der Waals surface area contributed by atoms with E-state index in [9.17, 15) is 4.79 Å². The van der Waals surface area contributed by atoms with Crippen molar-refractivity contribution in [3.05, 3.63) is 71.8 Å². The second kappa shape index (κ2) is 10.1. The Balaban J connectivity index is 1.35. The summed E-state index contributed by atoms with van der Waals surface area (Å²) in [7, 11) is 0. The Morgan fingerprint density at radius 1 is 0.793 bits per heavy atom. The smallest absolute Gasteiger partial charge is 0.223 e. The maximum Gasteiger partial charge on any atom is 0.223 e. The zero-order chi connectivity index (χ0) is 19.9. The number of nitrogens with zero attached hydrogens (tertiary/aromatic N) is 2. The van der Waals surface area contributed by atoms with Gasteiger partial charge in [-0.2, -0.15) is 0 Å². The number of amides is 1. The lowest BCUT2D eigenvalue weighted by Crippen LogP contribution is -2.42. The average Bonchev–Trinajstić information content (AvgIpc) is 2.80. The molecule has 2 aromatic rings. The molecule has 3 nitrogen and oxygen atoms in total. The first-order chi connectivity index (χ1) is 14.3. The summed E-state index contributed by atoms with van der Waals surface area (Å²) in [5, 5.41) is 0. The molecule has 0 N–H and O–H groups in total. The number of piperidine rings is 2. The van der Waals surface area contributed by atoms with E-state index in [2.05, 4.69) is 58.3 Å². The van der Waals surface area contributed by atoms with Crippen LogP contribution in [0.3, 0.4) is 0 Å². The van der Waals surface area contributed by atoms with Crippen molar-refractivity contribution in [2.45, 2.75) is 44.4 Å². The average molecular weight is 391 g/mol. The molecule has 3 heteroatoms. The van der Waals surface area contributed by atoms with Gasteiger partial charge in [0.2, 0.25) is 5.91 Å². The maximum atomic E-state index is 13.2. The third-order valence-corrected chi connectivity index (χ3v) is 6.71. The van der Waals surface area contributed by atoms with E-state index in [0.29, 0.717) is 12.3 Å². The van der Waals surface area contributed by atoms with Crippen LogP contribution in [0.15, 0.2) is 60.7 Å². The molecule has 0 aromatic heterocycles. The summed E-state index contributed by atoms with van der Waals surface area (Å²) < 4.78 is 0. The largest absolute Gasteiger partial charge is 0.343 e. The van der Waals surface area contributed by atoms with Crippen molar-refractivity contribution in [1.29, 1.82) is 0 Å². The van der Waals surface area contributed by atoms with Gasteiger partial charge < -0.3 is 9.80 Å². The van der Waals surface area contributed by atoms with Gasteiger partial charge in [-0.3, -0.25) is 4.79 Å². The summed E-state index contributed by atoms with van der Waals surface area (Å²) in [4.78, 5) is 17.9. The molecule has 2 heterocycles. The molecule has 2 fully saturated rings. The van der Waals surface area contributed by atoms with Gasteiger partial charge in [0.05, 0.1) is 0 Å². The Morgan fingerprint density at radius 2 is 1.34 bits per heavy atom. The zero-order valence-electron chi connectivity index (χ0n) is 17.5. The van der Waals surface area contributed by atoms with Gasteiger partial charge in [-0.15, -0.1) is 0 Å². The number of likely N-dealkylation sites (tertiary alicyclic amines) is 2. The van der Waals surface area contributed by atoms with Crippen LogP contribution in [0.4, 0.5) is 0 Å². The molecule has 1 amide bonds. The third-order valence-electron chi connectivity index (χ3n) is 6.71. The predicted octanol–water partition coefficient (Wildman–Crippen LogP) is 4.93. The van der Waals surface area contributed by atoms with Crippen molar-refractivity contribution in [2.24, 2.45) is 5.92 Å². The van der Waals surface area contributed by atoms with Crippen LogP contribution in [0.25, 0.3) is 0 Å². The molecule has 2 aliphatic rings. The lowest BCUT2D eigenvalue weighted by atomic mass is 9.87. The molecule has 0 aliphatic carbocycles. The molecule has 154 valence electrons. The Kier molecular flexibility index (Phi) is 7.00. The summed E-state index contributed by atoms with van der Waals surface area (Å²) >= 11 is 0. The van der Waals surface area contributed by atoms with Crippen LogP contribution in [0.1, 0.15) is 55.6 Å². The van der Waals surface area contributed by atoms with Crippen LogP contribution in [0.2, 0.25) is 0 Å². The van der Waals surface area contributed by atoms with Gasteiger partial charge in [0.25, 0.3) is 0 Å². The predicted molar refractivity (Wildman–Crippen MR) is 119 cm³/mol. The quantitative estimate of drug-likeness (QED) is 0.698. The summed E-state index contributed by atoms with van der Waals surface area (Å²) in [6.07, 6.45) is 6.99. The van der Waals surface area contributed by atoms with E-state index in [1.807, 2.05) is 12.1 Å². The van der Waals surface area contributed by atoms with Crippen LogP contribution < -0.4 is 0 Å². The Labute approximate surface area is 175 Å². The van der Waals surface area contributed by atoms with E-state index < -0.39 is 0 Å². The minimum absolute atomic E-state index is 0.135. The highest BCUT2D eigenvalue weighted by Crippen LogP contribution is 2.29. The molecular weight excluding hydrogens is 356 g/mol. The van der Waals surface area contributed by atoms with Crippen molar-refractivity contribution >= 4 is 5.91 Å². The lowest BCUT2D eigenvalue weighted by molar-refractivity contribution is -0.132. The second-order valence-corrected chi connectivity index (χ2v) is 8.76. The van der Waals surface area contributed by atoms with Crippen molar-refractivity contribution < 1.29 is 4.79 Å². The first kappa shape index (κ1) is 20.2. The van der Waals surface area contributed by atoms with Crippen molar-refractivity contribution in [3.63, 3.8) is 0 Å². The van der Waals surface area contributed by atoms with Gasteiger partial charge in [-0.25, -0.2) is 0 Å². The van der Waals surface area contributed by atoms with Crippen LogP contribution in [0.5, 0.6) is 0 Å². The number of carbonyl (C=O) groups is 1. The molecule has 29 heavy (non-hydrogen) atoms. The van der Waals surface area contributed by atoms with Gasteiger partial charge in [-0.05, 0) is 55.8 Å².